The standard InChI is InChI=1S/C10H17NO3/c11-9-6-13-5-8(9)10(12)14-4-3-7-1-2-7/h7-9H,1-6,11H2. The van der Waals surface area contributed by atoms with Crippen molar-refractivity contribution < 1.29 is 14.3 Å². The topological polar surface area (TPSA) is 61.5 Å². The quantitative estimate of drug-likeness (QED) is 0.662. The fourth-order valence-corrected chi connectivity index (χ4v) is 1.65. The van der Waals surface area contributed by atoms with Crippen LogP contribution in [0.25, 0.3) is 0 Å². The van der Waals surface area contributed by atoms with Crippen LogP contribution in [0.3, 0.4) is 0 Å². The second kappa shape index (κ2) is 4.28. The average Bonchev–Trinajstić information content (AvgIpc) is 2.87. The molecule has 1 saturated heterocycles. The zero-order valence-electron chi connectivity index (χ0n) is 8.28. The molecule has 0 radical (unpaired) electrons. The van der Waals surface area contributed by atoms with Crippen LogP contribution in [0.4, 0.5) is 0 Å². The third kappa shape index (κ3) is 2.45. The molecule has 0 aromatic heterocycles. The van der Waals surface area contributed by atoms with Crippen molar-refractivity contribution in [2.45, 2.75) is 25.3 Å². The Morgan fingerprint density at radius 3 is 2.79 bits per heavy atom. The van der Waals surface area contributed by atoms with Gasteiger partial charge in [-0.15, -0.1) is 0 Å². The molecule has 2 N–H and O–H groups in total. The zero-order valence-corrected chi connectivity index (χ0v) is 8.28. The lowest BCUT2D eigenvalue weighted by atomic mass is 10.1. The number of ether oxygens (including phenoxy) is 2. The van der Waals surface area contributed by atoms with E-state index in [1.165, 1.54) is 12.8 Å². The first-order valence-corrected chi connectivity index (χ1v) is 5.27. The van der Waals surface area contributed by atoms with Crippen molar-refractivity contribution >= 4 is 5.97 Å². The summed E-state index contributed by atoms with van der Waals surface area (Å²) < 4.78 is 10.3. The van der Waals surface area contributed by atoms with Crippen LogP contribution < -0.4 is 5.73 Å². The molecule has 0 aromatic rings. The van der Waals surface area contributed by atoms with Gasteiger partial charge in [-0.25, -0.2) is 0 Å². The molecule has 80 valence electrons. The Bertz CT molecular complexity index is 215. The smallest absolute Gasteiger partial charge is 0.312 e. The van der Waals surface area contributed by atoms with E-state index in [-0.39, 0.29) is 17.9 Å². The minimum Gasteiger partial charge on any atom is -0.465 e. The molecule has 0 spiro atoms. The maximum atomic E-state index is 11.5. The summed E-state index contributed by atoms with van der Waals surface area (Å²) in [4.78, 5) is 11.5. The van der Waals surface area contributed by atoms with Crippen LogP contribution in [0, 0.1) is 11.8 Å². The second-order valence-corrected chi connectivity index (χ2v) is 4.21. The Morgan fingerprint density at radius 1 is 1.43 bits per heavy atom. The van der Waals surface area contributed by atoms with Gasteiger partial charge in [0.05, 0.1) is 25.7 Å². The van der Waals surface area contributed by atoms with Crippen molar-refractivity contribution in [1.82, 2.24) is 0 Å². The predicted octanol–water partition coefficient (Wildman–Crippen LogP) is 0.303. The first kappa shape index (κ1) is 9.93. The molecule has 14 heavy (non-hydrogen) atoms. The van der Waals surface area contributed by atoms with Crippen LogP contribution in [-0.4, -0.2) is 31.8 Å². The minimum absolute atomic E-state index is 0.177. The van der Waals surface area contributed by atoms with Crippen molar-refractivity contribution in [3.8, 4) is 0 Å². The first-order chi connectivity index (χ1) is 6.77. The Morgan fingerprint density at radius 2 is 2.21 bits per heavy atom. The van der Waals surface area contributed by atoms with E-state index in [2.05, 4.69) is 0 Å². The van der Waals surface area contributed by atoms with E-state index in [1.54, 1.807) is 0 Å². The maximum absolute atomic E-state index is 11.5. The summed E-state index contributed by atoms with van der Waals surface area (Å²) in [5, 5.41) is 0. The fraction of sp³-hybridized carbons (Fsp3) is 0.900. The van der Waals surface area contributed by atoms with E-state index >= 15 is 0 Å². The Kier molecular flexibility index (Phi) is 3.03. The van der Waals surface area contributed by atoms with E-state index in [0.717, 1.165) is 12.3 Å². The van der Waals surface area contributed by atoms with Crippen molar-refractivity contribution in [3.63, 3.8) is 0 Å². The van der Waals surface area contributed by atoms with Crippen molar-refractivity contribution in [1.29, 1.82) is 0 Å². The first-order valence-electron chi connectivity index (χ1n) is 5.27. The molecule has 2 unspecified atom stereocenters. The van der Waals surface area contributed by atoms with Gasteiger partial charge in [0.1, 0.15) is 0 Å². The van der Waals surface area contributed by atoms with Crippen LogP contribution in [0.1, 0.15) is 19.3 Å². The van der Waals surface area contributed by atoms with Crippen molar-refractivity contribution in [3.05, 3.63) is 0 Å². The van der Waals surface area contributed by atoms with Gasteiger partial charge >= 0.3 is 5.97 Å². The van der Waals surface area contributed by atoms with Gasteiger partial charge in [0.15, 0.2) is 0 Å². The number of esters is 1. The molecule has 4 heteroatoms. The number of rotatable bonds is 4. The van der Waals surface area contributed by atoms with E-state index in [0.29, 0.717) is 19.8 Å². The highest BCUT2D eigenvalue weighted by Gasteiger charge is 2.32. The number of carbonyl (C=O) groups excluding carboxylic acids is 1. The summed E-state index contributed by atoms with van der Waals surface area (Å²) in [6, 6.07) is -0.177. The van der Waals surface area contributed by atoms with Crippen LogP contribution in [-0.2, 0) is 14.3 Å². The summed E-state index contributed by atoms with van der Waals surface area (Å²) in [5.74, 6) is 0.376. The highest BCUT2D eigenvalue weighted by atomic mass is 16.5. The Labute approximate surface area is 83.7 Å². The lowest BCUT2D eigenvalue weighted by Crippen LogP contribution is -2.35. The van der Waals surface area contributed by atoms with Gasteiger partial charge in [-0.05, 0) is 12.3 Å². The number of hydrogen-bond acceptors (Lipinski definition) is 4. The molecule has 1 aliphatic carbocycles. The third-order valence-electron chi connectivity index (χ3n) is 2.89. The highest BCUT2D eigenvalue weighted by Crippen LogP contribution is 2.32. The normalized spacial score (nSPS) is 31.8. The average molecular weight is 199 g/mol. The molecule has 2 aliphatic rings. The molecular weight excluding hydrogens is 182 g/mol. The van der Waals surface area contributed by atoms with Gasteiger partial charge in [-0.3, -0.25) is 4.79 Å². The van der Waals surface area contributed by atoms with E-state index in [1.807, 2.05) is 0 Å². The molecule has 4 nitrogen and oxygen atoms in total. The van der Waals surface area contributed by atoms with Gasteiger partial charge in [-0.1, -0.05) is 12.8 Å². The van der Waals surface area contributed by atoms with Gasteiger partial charge in [-0.2, -0.15) is 0 Å². The Hall–Kier alpha value is -0.610. The van der Waals surface area contributed by atoms with Crippen molar-refractivity contribution in [2.75, 3.05) is 19.8 Å². The SMILES string of the molecule is NC1COCC1C(=O)OCCC1CC1. The van der Waals surface area contributed by atoms with E-state index in [4.69, 9.17) is 15.2 Å². The monoisotopic (exact) mass is 199 g/mol. The lowest BCUT2D eigenvalue weighted by molar-refractivity contribution is -0.149. The summed E-state index contributed by atoms with van der Waals surface area (Å²) in [5.41, 5.74) is 5.70. The summed E-state index contributed by atoms with van der Waals surface area (Å²) >= 11 is 0. The highest BCUT2D eigenvalue weighted by molar-refractivity contribution is 5.73. The van der Waals surface area contributed by atoms with Crippen LogP contribution in [0.15, 0.2) is 0 Å². The molecule has 1 saturated carbocycles. The second-order valence-electron chi connectivity index (χ2n) is 4.21. The molecule has 0 amide bonds. The van der Waals surface area contributed by atoms with Gasteiger partial charge < -0.3 is 15.2 Å². The van der Waals surface area contributed by atoms with Crippen LogP contribution in [0.5, 0.6) is 0 Å². The third-order valence-corrected chi connectivity index (χ3v) is 2.89. The van der Waals surface area contributed by atoms with Gasteiger partial charge in [0, 0.05) is 6.04 Å². The number of nitrogens with two attached hydrogens (primary N) is 1. The van der Waals surface area contributed by atoms with Crippen molar-refractivity contribution in [2.24, 2.45) is 17.6 Å². The predicted molar refractivity (Wildman–Crippen MR) is 50.6 cm³/mol. The largest absolute Gasteiger partial charge is 0.465 e. The molecular formula is C10H17NO3. The van der Waals surface area contributed by atoms with E-state index in [9.17, 15) is 4.79 Å². The fourth-order valence-electron chi connectivity index (χ4n) is 1.65. The number of hydrogen-bond donors (Lipinski definition) is 1. The molecule has 2 atom stereocenters. The summed E-state index contributed by atoms with van der Waals surface area (Å²) in [6.45, 7) is 1.44. The molecule has 0 aromatic carbocycles. The summed E-state index contributed by atoms with van der Waals surface area (Å²) in [7, 11) is 0. The molecule has 1 aliphatic heterocycles. The minimum atomic E-state index is -0.241. The molecule has 0 bridgehead atoms. The summed E-state index contributed by atoms with van der Waals surface area (Å²) in [6.07, 6.45) is 3.60. The number of carbonyl (C=O) groups is 1. The molecule has 2 rings (SSSR count). The zero-order chi connectivity index (χ0) is 9.97. The van der Waals surface area contributed by atoms with Gasteiger partial charge in [0.2, 0.25) is 0 Å². The van der Waals surface area contributed by atoms with Crippen LogP contribution >= 0.6 is 0 Å². The Balaban J connectivity index is 1.65. The van der Waals surface area contributed by atoms with E-state index < -0.39 is 0 Å². The van der Waals surface area contributed by atoms with Gasteiger partial charge in [0.25, 0.3) is 0 Å². The molecule has 2 fully saturated rings. The lowest BCUT2D eigenvalue weighted by Gasteiger charge is -2.12. The van der Waals surface area contributed by atoms with Crippen LogP contribution in [0.2, 0.25) is 0 Å². The molecule has 1 heterocycles. The maximum Gasteiger partial charge on any atom is 0.312 e.